The molecule has 3 aromatic rings. The Morgan fingerprint density at radius 3 is 2.03 bits per heavy atom. The van der Waals surface area contributed by atoms with E-state index in [0.717, 1.165) is 22.4 Å². The van der Waals surface area contributed by atoms with Crippen LogP contribution in [0.5, 0.6) is 0 Å². The van der Waals surface area contributed by atoms with Gasteiger partial charge < -0.3 is 15.5 Å². The summed E-state index contributed by atoms with van der Waals surface area (Å²) >= 11 is 0. The first kappa shape index (κ1) is 21.8. The molecule has 158 valence electrons. The van der Waals surface area contributed by atoms with E-state index in [0.29, 0.717) is 11.3 Å². The third kappa shape index (κ3) is 6.06. The van der Waals surface area contributed by atoms with Crippen LogP contribution in [0.3, 0.4) is 0 Å². The molecule has 3 aromatic carbocycles. The zero-order valence-electron chi connectivity index (χ0n) is 18.3. The zero-order chi connectivity index (χ0) is 22.4. The number of carbonyl (C=O) groups is 2. The van der Waals surface area contributed by atoms with Crippen molar-refractivity contribution in [2.75, 3.05) is 24.3 Å². The predicted octanol–water partition coefficient (Wildman–Crippen LogP) is 4.78. The van der Waals surface area contributed by atoms with Crippen molar-refractivity contribution in [3.8, 4) is 0 Å². The molecular formula is C26H27N3O2. The van der Waals surface area contributed by atoms with E-state index in [1.807, 2.05) is 81.4 Å². The average Bonchev–Trinajstić information content (AvgIpc) is 2.73. The molecule has 0 saturated carbocycles. The molecule has 0 aliphatic carbocycles. The predicted molar refractivity (Wildman–Crippen MR) is 127 cm³/mol. The summed E-state index contributed by atoms with van der Waals surface area (Å²) in [7, 11) is 3.93. The smallest absolute Gasteiger partial charge is 0.272 e. The lowest BCUT2D eigenvalue weighted by atomic mass is 10.1. The summed E-state index contributed by atoms with van der Waals surface area (Å²) in [4.78, 5) is 27.8. The van der Waals surface area contributed by atoms with Gasteiger partial charge in [0.1, 0.15) is 5.70 Å². The van der Waals surface area contributed by atoms with Crippen LogP contribution in [-0.4, -0.2) is 25.9 Å². The Bertz CT molecular complexity index is 1080. The van der Waals surface area contributed by atoms with Crippen molar-refractivity contribution >= 4 is 29.3 Å². The second kappa shape index (κ2) is 9.76. The van der Waals surface area contributed by atoms with Crippen LogP contribution in [0.1, 0.15) is 27.0 Å². The van der Waals surface area contributed by atoms with Crippen molar-refractivity contribution in [2.24, 2.45) is 0 Å². The monoisotopic (exact) mass is 413 g/mol. The Kier molecular flexibility index (Phi) is 6.88. The molecule has 3 rings (SSSR count). The Morgan fingerprint density at radius 2 is 1.45 bits per heavy atom. The van der Waals surface area contributed by atoms with Crippen molar-refractivity contribution in [3.63, 3.8) is 0 Å². The van der Waals surface area contributed by atoms with Gasteiger partial charge in [0.25, 0.3) is 11.8 Å². The molecule has 2 amide bonds. The normalized spacial score (nSPS) is 11.0. The molecular weight excluding hydrogens is 386 g/mol. The van der Waals surface area contributed by atoms with E-state index >= 15 is 0 Å². The van der Waals surface area contributed by atoms with E-state index in [2.05, 4.69) is 10.6 Å². The number of hydrogen-bond acceptors (Lipinski definition) is 3. The lowest BCUT2D eigenvalue weighted by Crippen LogP contribution is -2.30. The third-order valence-corrected chi connectivity index (χ3v) is 4.73. The Labute approximate surface area is 183 Å². The van der Waals surface area contributed by atoms with E-state index in [9.17, 15) is 9.59 Å². The minimum atomic E-state index is -0.383. The van der Waals surface area contributed by atoms with Gasteiger partial charge in [-0.25, -0.2) is 0 Å². The maximum Gasteiger partial charge on any atom is 0.272 e. The number of benzene rings is 3. The molecule has 0 saturated heterocycles. The molecule has 0 aromatic heterocycles. The second-order valence-electron chi connectivity index (χ2n) is 7.69. The van der Waals surface area contributed by atoms with Gasteiger partial charge in [-0.2, -0.15) is 0 Å². The topological polar surface area (TPSA) is 61.4 Å². The average molecular weight is 414 g/mol. The van der Waals surface area contributed by atoms with Gasteiger partial charge in [0.15, 0.2) is 0 Å². The Hall–Kier alpha value is -3.86. The molecule has 5 heteroatoms. The van der Waals surface area contributed by atoms with Crippen LogP contribution in [0, 0.1) is 13.8 Å². The van der Waals surface area contributed by atoms with Crippen molar-refractivity contribution < 1.29 is 9.59 Å². The molecule has 0 bridgehead atoms. The summed E-state index contributed by atoms with van der Waals surface area (Å²) in [6, 6.07) is 22.4. The summed E-state index contributed by atoms with van der Waals surface area (Å²) in [6.07, 6.45) is 1.68. The van der Waals surface area contributed by atoms with Gasteiger partial charge in [0, 0.05) is 31.0 Å². The molecule has 31 heavy (non-hydrogen) atoms. The fourth-order valence-electron chi connectivity index (χ4n) is 3.22. The third-order valence-electron chi connectivity index (χ3n) is 4.73. The summed E-state index contributed by atoms with van der Waals surface area (Å²) in [5.74, 6) is -0.724. The highest BCUT2D eigenvalue weighted by molar-refractivity contribution is 6.10. The zero-order valence-corrected chi connectivity index (χ0v) is 18.3. The lowest BCUT2D eigenvalue weighted by molar-refractivity contribution is -0.113. The second-order valence-corrected chi connectivity index (χ2v) is 7.69. The number of rotatable bonds is 6. The van der Waals surface area contributed by atoms with Gasteiger partial charge in [-0.1, -0.05) is 36.4 Å². The number of nitrogens with zero attached hydrogens (tertiary/aromatic N) is 1. The molecule has 2 N–H and O–H groups in total. The number of aryl methyl sites for hydroxylation is 2. The largest absolute Gasteiger partial charge is 0.378 e. The van der Waals surface area contributed by atoms with Crippen LogP contribution in [-0.2, 0) is 4.79 Å². The van der Waals surface area contributed by atoms with E-state index in [4.69, 9.17) is 0 Å². The van der Waals surface area contributed by atoms with Crippen LogP contribution in [0.2, 0.25) is 0 Å². The first-order valence-corrected chi connectivity index (χ1v) is 10.1. The summed E-state index contributed by atoms with van der Waals surface area (Å²) in [5, 5.41) is 5.67. The number of carbonyl (C=O) groups excluding carboxylic acids is 2. The van der Waals surface area contributed by atoms with Crippen LogP contribution >= 0.6 is 0 Å². The van der Waals surface area contributed by atoms with Gasteiger partial charge in [0.05, 0.1) is 0 Å². The van der Waals surface area contributed by atoms with Crippen molar-refractivity contribution in [1.29, 1.82) is 0 Å². The van der Waals surface area contributed by atoms with Crippen molar-refractivity contribution in [1.82, 2.24) is 5.32 Å². The Morgan fingerprint density at radius 1 is 0.839 bits per heavy atom. The van der Waals surface area contributed by atoms with Crippen LogP contribution in [0.4, 0.5) is 11.4 Å². The first-order chi connectivity index (χ1) is 14.8. The minimum Gasteiger partial charge on any atom is -0.378 e. The molecule has 0 heterocycles. The molecule has 0 spiro atoms. The molecule has 0 atom stereocenters. The van der Waals surface area contributed by atoms with Crippen LogP contribution < -0.4 is 15.5 Å². The number of anilines is 2. The molecule has 0 unspecified atom stereocenters. The lowest BCUT2D eigenvalue weighted by Gasteiger charge is -2.14. The maximum atomic E-state index is 13.1. The fraction of sp³-hybridized carbons (Fsp3) is 0.154. The Balaban J connectivity index is 1.90. The van der Waals surface area contributed by atoms with Gasteiger partial charge >= 0.3 is 0 Å². The summed E-state index contributed by atoms with van der Waals surface area (Å²) < 4.78 is 0. The maximum absolute atomic E-state index is 13.1. The molecule has 0 aliphatic heterocycles. The van der Waals surface area contributed by atoms with E-state index in [1.54, 1.807) is 30.3 Å². The van der Waals surface area contributed by atoms with E-state index in [1.165, 1.54) is 0 Å². The van der Waals surface area contributed by atoms with Crippen LogP contribution in [0.25, 0.3) is 6.08 Å². The van der Waals surface area contributed by atoms with E-state index < -0.39 is 0 Å². The molecule has 0 radical (unpaired) electrons. The molecule has 0 aliphatic rings. The van der Waals surface area contributed by atoms with Crippen molar-refractivity contribution in [3.05, 3.63) is 101 Å². The minimum absolute atomic E-state index is 0.172. The quantitative estimate of drug-likeness (QED) is 0.572. The number of nitrogens with one attached hydrogen (secondary N) is 2. The standard InChI is InChI=1S/C26H27N3O2/c1-18-14-19(2)16-22(15-18)27-26(31)24(28-25(30)21-8-6-5-7-9-21)17-20-10-12-23(13-11-20)29(3)4/h5-17H,1-4H3,(H,27,31)(H,28,30)/b24-17-. The highest BCUT2D eigenvalue weighted by atomic mass is 16.2. The highest BCUT2D eigenvalue weighted by Gasteiger charge is 2.15. The molecule has 5 nitrogen and oxygen atoms in total. The fourth-order valence-corrected chi connectivity index (χ4v) is 3.22. The first-order valence-electron chi connectivity index (χ1n) is 10.1. The number of amides is 2. The summed E-state index contributed by atoms with van der Waals surface area (Å²) in [5.41, 5.74) is 5.30. The number of hydrogen-bond donors (Lipinski definition) is 2. The van der Waals surface area contributed by atoms with Crippen molar-refractivity contribution in [2.45, 2.75) is 13.8 Å². The molecule has 0 fully saturated rings. The van der Waals surface area contributed by atoms with Gasteiger partial charge in [-0.3, -0.25) is 9.59 Å². The SMILES string of the molecule is Cc1cc(C)cc(NC(=O)/C(=C/c2ccc(N(C)C)cc2)NC(=O)c2ccccc2)c1. The van der Waals surface area contributed by atoms with E-state index in [-0.39, 0.29) is 17.5 Å². The van der Waals surface area contributed by atoms with Gasteiger partial charge in [-0.15, -0.1) is 0 Å². The van der Waals surface area contributed by atoms with Gasteiger partial charge in [0.2, 0.25) is 0 Å². The highest BCUT2D eigenvalue weighted by Crippen LogP contribution is 2.17. The van der Waals surface area contributed by atoms with Crippen LogP contribution in [0.15, 0.2) is 78.5 Å². The summed E-state index contributed by atoms with van der Waals surface area (Å²) in [6.45, 7) is 3.95. The van der Waals surface area contributed by atoms with Gasteiger partial charge in [-0.05, 0) is 73.0 Å².